The van der Waals surface area contributed by atoms with Crippen LogP contribution in [-0.2, 0) is 0 Å². The first-order chi connectivity index (χ1) is 14.0. The van der Waals surface area contributed by atoms with Crippen LogP contribution in [0.4, 0.5) is 5.69 Å². The molecule has 2 amide bonds. The molecule has 0 atom stereocenters. The zero-order valence-electron chi connectivity index (χ0n) is 15.9. The average molecular weight is 394 g/mol. The van der Waals surface area contributed by atoms with E-state index in [2.05, 4.69) is 5.32 Å². The van der Waals surface area contributed by atoms with Gasteiger partial charge in [0.15, 0.2) is 11.3 Å². The number of likely N-dealkylation sites (N-methyl/N-ethyl adjacent to an activating group) is 1. The van der Waals surface area contributed by atoms with Crippen molar-refractivity contribution in [1.82, 2.24) is 4.90 Å². The number of fused-ring (bicyclic) bond motifs is 2. The highest BCUT2D eigenvalue weighted by atomic mass is 16.5. The Morgan fingerprint density at radius 2 is 2.00 bits per heavy atom. The molecule has 0 fully saturated rings. The fraction of sp³-hybridized carbons (Fsp3) is 0.190. The van der Waals surface area contributed by atoms with Gasteiger partial charge in [-0.25, -0.2) is 4.79 Å². The number of anilines is 1. The van der Waals surface area contributed by atoms with E-state index < -0.39 is 11.5 Å². The summed E-state index contributed by atoms with van der Waals surface area (Å²) in [4.78, 5) is 39.0. The number of para-hydroxylation sites is 1. The number of ether oxygens (including phenoxy) is 2. The minimum Gasteiger partial charge on any atom is -0.493 e. The van der Waals surface area contributed by atoms with E-state index in [1.807, 2.05) is 0 Å². The number of carbonyl (C=O) groups excluding carboxylic acids is 2. The molecule has 0 aliphatic carbocycles. The Labute approximate surface area is 165 Å². The largest absolute Gasteiger partial charge is 0.493 e. The lowest BCUT2D eigenvalue weighted by molar-refractivity contribution is 0.0796. The number of nitrogens with zero attached hydrogens (tertiary/aromatic N) is 1. The van der Waals surface area contributed by atoms with Crippen molar-refractivity contribution in [3.05, 3.63) is 64.0 Å². The summed E-state index contributed by atoms with van der Waals surface area (Å²) >= 11 is 0. The second-order valence-corrected chi connectivity index (χ2v) is 6.57. The van der Waals surface area contributed by atoms with Crippen molar-refractivity contribution in [3.8, 4) is 11.5 Å². The molecule has 1 N–H and O–H groups in total. The van der Waals surface area contributed by atoms with Gasteiger partial charge in [-0.05, 0) is 30.3 Å². The fourth-order valence-corrected chi connectivity index (χ4v) is 3.14. The maximum absolute atomic E-state index is 12.7. The first-order valence-corrected chi connectivity index (χ1v) is 8.92. The predicted molar refractivity (Wildman–Crippen MR) is 106 cm³/mol. The lowest BCUT2D eigenvalue weighted by atomic mass is 10.1. The van der Waals surface area contributed by atoms with E-state index >= 15 is 0 Å². The van der Waals surface area contributed by atoms with E-state index in [1.54, 1.807) is 42.3 Å². The number of carbonyl (C=O) groups is 2. The van der Waals surface area contributed by atoms with Crippen LogP contribution in [0.2, 0.25) is 0 Å². The lowest BCUT2D eigenvalue weighted by Gasteiger charge is -2.13. The minimum atomic E-state index is -0.784. The van der Waals surface area contributed by atoms with Crippen molar-refractivity contribution in [1.29, 1.82) is 0 Å². The van der Waals surface area contributed by atoms with Crippen molar-refractivity contribution in [3.63, 3.8) is 0 Å². The van der Waals surface area contributed by atoms with Gasteiger partial charge >= 0.3 is 5.63 Å². The molecule has 1 aliphatic rings. The van der Waals surface area contributed by atoms with Gasteiger partial charge in [0.1, 0.15) is 17.9 Å². The Morgan fingerprint density at radius 1 is 1.17 bits per heavy atom. The van der Waals surface area contributed by atoms with E-state index in [-0.39, 0.29) is 17.1 Å². The van der Waals surface area contributed by atoms with Gasteiger partial charge in [0, 0.05) is 18.1 Å². The Hall–Kier alpha value is -3.81. The van der Waals surface area contributed by atoms with Gasteiger partial charge in [0.05, 0.1) is 19.2 Å². The molecule has 29 heavy (non-hydrogen) atoms. The van der Waals surface area contributed by atoms with Crippen LogP contribution in [0.5, 0.6) is 11.5 Å². The highest BCUT2D eigenvalue weighted by Gasteiger charge is 2.22. The molecule has 0 saturated carbocycles. The van der Waals surface area contributed by atoms with E-state index in [9.17, 15) is 14.4 Å². The molecule has 8 nitrogen and oxygen atoms in total. The summed E-state index contributed by atoms with van der Waals surface area (Å²) in [5, 5.41) is 3.20. The maximum atomic E-state index is 12.7. The monoisotopic (exact) mass is 394 g/mol. The quantitative estimate of drug-likeness (QED) is 0.686. The van der Waals surface area contributed by atoms with Gasteiger partial charge < -0.3 is 24.1 Å². The standard InChI is InChI=1S/C21H18N2O6/c1-23-8-9-28-16-7-6-13(11-14(16)20(23)25)22-19(24)15-10-12-4-3-5-17(27-2)18(12)29-21(15)26/h3-7,10-11H,8-9H2,1-2H3,(H,22,24). The highest BCUT2D eigenvalue weighted by molar-refractivity contribution is 6.06. The number of nitrogens with one attached hydrogen (secondary N) is 1. The van der Waals surface area contributed by atoms with Crippen LogP contribution in [0.15, 0.2) is 51.7 Å². The van der Waals surface area contributed by atoms with E-state index in [4.69, 9.17) is 13.9 Å². The van der Waals surface area contributed by atoms with Crippen LogP contribution in [0.25, 0.3) is 11.0 Å². The summed E-state index contributed by atoms with van der Waals surface area (Å²) in [5.74, 6) is 0.0132. The smallest absolute Gasteiger partial charge is 0.349 e. The summed E-state index contributed by atoms with van der Waals surface area (Å²) in [6.45, 7) is 0.860. The van der Waals surface area contributed by atoms with Crippen molar-refractivity contribution in [2.75, 3.05) is 32.6 Å². The zero-order chi connectivity index (χ0) is 20.5. The SMILES string of the molecule is COc1cccc2cc(C(=O)Nc3ccc4c(c3)C(=O)N(C)CCO4)c(=O)oc12. The topological polar surface area (TPSA) is 98.1 Å². The van der Waals surface area contributed by atoms with Crippen molar-refractivity contribution in [2.45, 2.75) is 0 Å². The molecule has 0 saturated heterocycles. The second-order valence-electron chi connectivity index (χ2n) is 6.57. The Bertz CT molecular complexity index is 1180. The lowest BCUT2D eigenvalue weighted by Crippen LogP contribution is -2.28. The Balaban J connectivity index is 1.67. The van der Waals surface area contributed by atoms with Crippen LogP contribution in [0, 0.1) is 0 Å². The molecule has 8 heteroatoms. The summed E-state index contributed by atoms with van der Waals surface area (Å²) in [5.41, 5.74) is 0.0466. The normalized spacial score (nSPS) is 13.4. The summed E-state index contributed by atoms with van der Waals surface area (Å²) in [6, 6.07) is 11.3. The third kappa shape index (κ3) is 3.40. The van der Waals surface area contributed by atoms with E-state index in [0.29, 0.717) is 41.3 Å². The third-order valence-electron chi connectivity index (χ3n) is 4.69. The molecule has 2 aromatic carbocycles. The molecule has 0 unspecified atom stereocenters. The minimum absolute atomic E-state index is 0.152. The fourth-order valence-electron chi connectivity index (χ4n) is 3.14. The van der Waals surface area contributed by atoms with Crippen LogP contribution in [0.3, 0.4) is 0 Å². The van der Waals surface area contributed by atoms with Crippen LogP contribution < -0.4 is 20.4 Å². The van der Waals surface area contributed by atoms with Gasteiger partial charge in [-0.2, -0.15) is 0 Å². The van der Waals surface area contributed by atoms with Crippen LogP contribution in [-0.4, -0.2) is 44.0 Å². The molecule has 1 aromatic heterocycles. The number of hydrogen-bond acceptors (Lipinski definition) is 6. The Morgan fingerprint density at radius 3 is 2.79 bits per heavy atom. The maximum Gasteiger partial charge on any atom is 0.349 e. The van der Waals surface area contributed by atoms with Gasteiger partial charge in [-0.1, -0.05) is 12.1 Å². The van der Waals surface area contributed by atoms with Crippen molar-refractivity contribution in [2.24, 2.45) is 0 Å². The highest BCUT2D eigenvalue weighted by Crippen LogP contribution is 2.27. The predicted octanol–water partition coefficient (Wildman–Crippen LogP) is 2.52. The number of methoxy groups -OCH3 is 1. The first-order valence-electron chi connectivity index (χ1n) is 8.92. The van der Waals surface area contributed by atoms with Gasteiger partial charge in [0.2, 0.25) is 0 Å². The molecule has 0 bridgehead atoms. The van der Waals surface area contributed by atoms with Crippen LogP contribution >= 0.6 is 0 Å². The summed E-state index contributed by atoms with van der Waals surface area (Å²) < 4.78 is 16.0. The average Bonchev–Trinajstić information content (AvgIpc) is 2.85. The summed E-state index contributed by atoms with van der Waals surface area (Å²) in [6.07, 6.45) is 0. The molecule has 3 aromatic rings. The van der Waals surface area contributed by atoms with Gasteiger partial charge in [-0.15, -0.1) is 0 Å². The van der Waals surface area contributed by atoms with Crippen molar-refractivity contribution < 1.29 is 23.5 Å². The zero-order valence-corrected chi connectivity index (χ0v) is 15.9. The first kappa shape index (κ1) is 18.5. The van der Waals surface area contributed by atoms with E-state index in [0.717, 1.165) is 0 Å². The van der Waals surface area contributed by atoms with Gasteiger partial charge in [0.25, 0.3) is 11.8 Å². The summed E-state index contributed by atoms with van der Waals surface area (Å²) in [7, 11) is 3.15. The molecule has 2 heterocycles. The number of amides is 2. The molecular weight excluding hydrogens is 376 g/mol. The number of hydrogen-bond donors (Lipinski definition) is 1. The van der Waals surface area contributed by atoms with E-state index in [1.165, 1.54) is 19.2 Å². The molecule has 148 valence electrons. The van der Waals surface area contributed by atoms with Crippen LogP contribution in [0.1, 0.15) is 20.7 Å². The molecule has 0 radical (unpaired) electrons. The molecule has 1 aliphatic heterocycles. The molecular formula is C21H18N2O6. The Kier molecular flexibility index (Phi) is 4.67. The van der Waals surface area contributed by atoms with Crippen molar-refractivity contribution >= 4 is 28.5 Å². The number of rotatable bonds is 3. The second kappa shape index (κ2) is 7.31. The molecule has 0 spiro atoms. The third-order valence-corrected chi connectivity index (χ3v) is 4.69. The van der Waals surface area contributed by atoms with Gasteiger partial charge in [-0.3, -0.25) is 9.59 Å². The number of benzene rings is 2. The molecule has 4 rings (SSSR count).